The summed E-state index contributed by atoms with van der Waals surface area (Å²) < 4.78 is 18.3. The highest BCUT2D eigenvalue weighted by Crippen LogP contribution is 2.45. The van der Waals surface area contributed by atoms with Gasteiger partial charge < -0.3 is 18.0 Å². The lowest BCUT2D eigenvalue weighted by atomic mass is 10.0. The number of allylic oxidation sites excluding steroid dienone is 1. The number of aromatic nitrogens is 2. The standard InChI is InChI=1S/C48H28N2O2.C3H6/c1-2-13-30(14-3-1)49-39-21-7-4-17-37(39)44-41(49)26-24-35-36-25-27-42-45(48(36)52-47(35)44)38-18-5-8-22-40(38)50(42)31-15-10-12-29(28-31)32-19-11-20-34-33-16-6-9-23-43(33)51-46(32)34;1-3-2/h1-28H;3H,1H2,2H3. The van der Waals surface area contributed by atoms with E-state index in [1.165, 1.54) is 5.39 Å². The number of hydrogen-bond donors (Lipinski definition) is 0. The Balaban J connectivity index is 0.00000114. The van der Waals surface area contributed by atoms with Crippen molar-refractivity contribution in [3.05, 3.63) is 183 Å². The van der Waals surface area contributed by atoms with Gasteiger partial charge in [0.05, 0.1) is 32.8 Å². The first-order chi connectivity index (χ1) is 27.2. The van der Waals surface area contributed by atoms with Crippen molar-refractivity contribution in [2.75, 3.05) is 0 Å². The number of furan rings is 2. The van der Waals surface area contributed by atoms with E-state index in [4.69, 9.17) is 8.83 Å². The second-order valence-corrected chi connectivity index (χ2v) is 14.1. The van der Waals surface area contributed by atoms with Gasteiger partial charge >= 0.3 is 0 Å². The van der Waals surface area contributed by atoms with Crippen molar-refractivity contribution in [3.63, 3.8) is 0 Å². The van der Waals surface area contributed by atoms with E-state index >= 15 is 0 Å². The number of para-hydroxylation sites is 5. The zero-order valence-electron chi connectivity index (χ0n) is 30.2. The molecule has 4 aromatic heterocycles. The van der Waals surface area contributed by atoms with Crippen LogP contribution in [0.1, 0.15) is 6.92 Å². The van der Waals surface area contributed by atoms with Crippen molar-refractivity contribution in [3.8, 4) is 22.5 Å². The summed E-state index contributed by atoms with van der Waals surface area (Å²) in [7, 11) is 0. The van der Waals surface area contributed by atoms with Crippen molar-refractivity contribution in [2.24, 2.45) is 0 Å². The maximum absolute atomic E-state index is 7.12. The Morgan fingerprint density at radius 3 is 1.60 bits per heavy atom. The second-order valence-electron chi connectivity index (χ2n) is 14.1. The van der Waals surface area contributed by atoms with Crippen LogP contribution < -0.4 is 0 Å². The molecule has 0 aliphatic carbocycles. The molecule has 0 spiro atoms. The summed E-state index contributed by atoms with van der Waals surface area (Å²) >= 11 is 0. The monoisotopic (exact) mass is 706 g/mol. The molecular formula is C51H34N2O2. The van der Waals surface area contributed by atoms with Gasteiger partial charge in [0.15, 0.2) is 0 Å². The van der Waals surface area contributed by atoms with Gasteiger partial charge in [-0.2, -0.15) is 0 Å². The molecule has 0 aliphatic rings. The van der Waals surface area contributed by atoms with Crippen molar-refractivity contribution in [1.82, 2.24) is 9.13 Å². The Morgan fingerprint density at radius 1 is 0.418 bits per heavy atom. The summed E-state index contributed by atoms with van der Waals surface area (Å²) in [6, 6.07) is 60.4. The third kappa shape index (κ3) is 4.52. The van der Waals surface area contributed by atoms with E-state index in [0.717, 1.165) is 105 Å². The smallest absolute Gasteiger partial charge is 0.145 e. The van der Waals surface area contributed by atoms with E-state index in [-0.39, 0.29) is 0 Å². The van der Waals surface area contributed by atoms with Gasteiger partial charge in [0.2, 0.25) is 0 Å². The highest BCUT2D eigenvalue weighted by molar-refractivity contribution is 6.29. The number of benzene rings is 8. The molecule has 0 atom stereocenters. The normalized spacial score (nSPS) is 11.8. The van der Waals surface area contributed by atoms with Gasteiger partial charge in [-0.3, -0.25) is 0 Å². The quantitative estimate of drug-likeness (QED) is 0.172. The van der Waals surface area contributed by atoms with Crippen LogP contribution in [0.25, 0.3) is 110 Å². The first kappa shape index (κ1) is 31.2. The van der Waals surface area contributed by atoms with Gasteiger partial charge in [0.1, 0.15) is 22.3 Å². The van der Waals surface area contributed by atoms with Gasteiger partial charge in [-0.15, -0.1) is 6.58 Å². The molecule has 0 N–H and O–H groups in total. The molecule has 4 nitrogen and oxygen atoms in total. The topological polar surface area (TPSA) is 36.1 Å². The summed E-state index contributed by atoms with van der Waals surface area (Å²) in [6.45, 7) is 5.25. The van der Waals surface area contributed by atoms with Crippen LogP contribution in [0.5, 0.6) is 0 Å². The average molecular weight is 707 g/mol. The van der Waals surface area contributed by atoms with Gasteiger partial charge in [-0.1, -0.05) is 109 Å². The molecule has 4 heterocycles. The Bertz CT molecular complexity index is 3460. The molecule has 55 heavy (non-hydrogen) atoms. The molecule has 12 rings (SSSR count). The molecule has 0 fully saturated rings. The van der Waals surface area contributed by atoms with Crippen LogP contribution in [0, 0.1) is 0 Å². The molecule has 0 saturated heterocycles. The van der Waals surface area contributed by atoms with Gasteiger partial charge in [-0.05, 0) is 79.2 Å². The van der Waals surface area contributed by atoms with E-state index in [2.05, 4.69) is 173 Å². The number of hydrogen-bond acceptors (Lipinski definition) is 2. The lowest BCUT2D eigenvalue weighted by Crippen LogP contribution is -1.94. The van der Waals surface area contributed by atoms with Crippen LogP contribution >= 0.6 is 0 Å². The average Bonchev–Trinajstić information content (AvgIpc) is 3.99. The third-order valence-electron chi connectivity index (χ3n) is 10.9. The summed E-state index contributed by atoms with van der Waals surface area (Å²) in [5.41, 5.74) is 12.6. The molecular weight excluding hydrogens is 673 g/mol. The minimum Gasteiger partial charge on any atom is -0.455 e. The van der Waals surface area contributed by atoms with Crippen LogP contribution in [0.15, 0.2) is 191 Å². The van der Waals surface area contributed by atoms with E-state index in [9.17, 15) is 0 Å². The number of nitrogens with zero attached hydrogens (tertiary/aromatic N) is 2. The summed E-state index contributed by atoms with van der Waals surface area (Å²) in [6.07, 6.45) is 1.75. The maximum Gasteiger partial charge on any atom is 0.145 e. The zero-order valence-corrected chi connectivity index (χ0v) is 30.2. The highest BCUT2D eigenvalue weighted by Gasteiger charge is 2.22. The predicted molar refractivity (Wildman–Crippen MR) is 231 cm³/mol. The first-order valence-corrected chi connectivity index (χ1v) is 18.7. The Hall–Kier alpha value is -7.30. The van der Waals surface area contributed by atoms with E-state index < -0.39 is 0 Å². The second kappa shape index (κ2) is 12.1. The van der Waals surface area contributed by atoms with Crippen LogP contribution in [0.4, 0.5) is 0 Å². The van der Waals surface area contributed by atoms with E-state index in [1.807, 2.05) is 19.1 Å². The third-order valence-corrected chi connectivity index (χ3v) is 10.9. The first-order valence-electron chi connectivity index (χ1n) is 18.7. The van der Waals surface area contributed by atoms with Crippen molar-refractivity contribution < 1.29 is 8.83 Å². The molecule has 0 amide bonds. The lowest BCUT2D eigenvalue weighted by Gasteiger charge is -2.10. The zero-order chi connectivity index (χ0) is 36.6. The Labute approximate surface area is 316 Å². The largest absolute Gasteiger partial charge is 0.455 e. The fourth-order valence-corrected chi connectivity index (χ4v) is 8.72. The van der Waals surface area contributed by atoms with Crippen molar-refractivity contribution in [1.29, 1.82) is 0 Å². The van der Waals surface area contributed by atoms with Crippen LogP contribution in [0.2, 0.25) is 0 Å². The van der Waals surface area contributed by atoms with Gasteiger partial charge in [0.25, 0.3) is 0 Å². The van der Waals surface area contributed by atoms with Crippen LogP contribution in [-0.4, -0.2) is 9.13 Å². The Kier molecular flexibility index (Phi) is 6.89. The maximum atomic E-state index is 7.12. The summed E-state index contributed by atoms with van der Waals surface area (Å²) in [5, 5.41) is 9.10. The van der Waals surface area contributed by atoms with Crippen LogP contribution in [-0.2, 0) is 0 Å². The molecule has 12 aromatic rings. The minimum absolute atomic E-state index is 0.903. The molecule has 0 aliphatic heterocycles. The minimum atomic E-state index is 0.903. The summed E-state index contributed by atoms with van der Waals surface area (Å²) in [5.74, 6) is 0. The molecule has 0 saturated carbocycles. The van der Waals surface area contributed by atoms with Gasteiger partial charge in [0, 0.05) is 49.3 Å². The van der Waals surface area contributed by atoms with Crippen molar-refractivity contribution in [2.45, 2.75) is 6.92 Å². The van der Waals surface area contributed by atoms with Crippen molar-refractivity contribution >= 4 is 87.5 Å². The SMILES string of the molecule is C=CC.c1ccc(-n2c3ccccc3c3c4oc5c(ccc6c5c5ccccc5n6-c5cccc(-c6cccc7c6oc6ccccc67)c5)c4ccc32)cc1. The molecule has 0 bridgehead atoms. The highest BCUT2D eigenvalue weighted by atomic mass is 16.3. The fourth-order valence-electron chi connectivity index (χ4n) is 8.72. The molecule has 0 unspecified atom stereocenters. The number of rotatable bonds is 3. The predicted octanol–water partition coefficient (Wildman–Crippen LogP) is 14.5. The lowest BCUT2D eigenvalue weighted by molar-refractivity contribution is 0.670. The summed E-state index contributed by atoms with van der Waals surface area (Å²) in [4.78, 5) is 0. The van der Waals surface area contributed by atoms with Crippen LogP contribution in [0.3, 0.4) is 0 Å². The van der Waals surface area contributed by atoms with E-state index in [0.29, 0.717) is 0 Å². The molecule has 260 valence electrons. The fraction of sp³-hybridized carbons (Fsp3) is 0.0196. The molecule has 8 aromatic carbocycles. The Morgan fingerprint density at radius 2 is 0.927 bits per heavy atom. The van der Waals surface area contributed by atoms with E-state index in [1.54, 1.807) is 6.08 Å². The molecule has 0 radical (unpaired) electrons. The number of fused-ring (bicyclic) bond motifs is 14. The van der Waals surface area contributed by atoms with Gasteiger partial charge in [-0.25, -0.2) is 0 Å². The molecule has 4 heteroatoms.